The maximum absolute atomic E-state index is 11.7. The molecule has 24 heavy (non-hydrogen) atoms. The van der Waals surface area contributed by atoms with Gasteiger partial charge in [0, 0.05) is 12.2 Å². The van der Waals surface area contributed by atoms with E-state index in [4.69, 9.17) is 9.15 Å². The van der Waals surface area contributed by atoms with Crippen molar-refractivity contribution in [3.8, 4) is 0 Å². The lowest BCUT2D eigenvalue weighted by Gasteiger charge is -2.07. The average molecular weight is 330 g/mol. The monoisotopic (exact) mass is 330 g/mol. The van der Waals surface area contributed by atoms with Gasteiger partial charge in [-0.3, -0.25) is 14.4 Å². The van der Waals surface area contributed by atoms with E-state index in [-0.39, 0.29) is 25.3 Å². The third-order valence-corrected chi connectivity index (χ3v) is 3.03. The molecule has 0 saturated heterocycles. The molecule has 1 heterocycles. The minimum atomic E-state index is -0.575. The summed E-state index contributed by atoms with van der Waals surface area (Å²) in [5.41, 5.74) is 1.65. The lowest BCUT2D eigenvalue weighted by atomic mass is 10.2. The Balaban J connectivity index is 1.64. The summed E-state index contributed by atoms with van der Waals surface area (Å²) in [6, 6.07) is 10.4. The Kier molecular flexibility index (Phi) is 6.13. The van der Waals surface area contributed by atoms with Gasteiger partial charge in [-0.25, -0.2) is 0 Å². The summed E-state index contributed by atoms with van der Waals surface area (Å²) in [6.45, 7) is 1.63. The van der Waals surface area contributed by atoms with Gasteiger partial charge in [-0.1, -0.05) is 12.1 Å². The molecule has 0 spiro atoms. The minimum absolute atomic E-state index is 0.0375. The van der Waals surface area contributed by atoms with Crippen LogP contribution in [-0.2, 0) is 14.3 Å². The van der Waals surface area contributed by atoms with Crippen LogP contribution >= 0.6 is 0 Å². The van der Waals surface area contributed by atoms with Crippen LogP contribution in [0.25, 0.3) is 0 Å². The van der Waals surface area contributed by atoms with Gasteiger partial charge in [-0.15, -0.1) is 0 Å². The second-order valence-corrected chi connectivity index (χ2v) is 5.06. The van der Waals surface area contributed by atoms with E-state index >= 15 is 0 Å². The molecule has 0 saturated carbocycles. The molecule has 7 heteroatoms. The van der Waals surface area contributed by atoms with Crippen LogP contribution in [0.3, 0.4) is 0 Å². The zero-order valence-electron chi connectivity index (χ0n) is 13.2. The van der Waals surface area contributed by atoms with Crippen molar-refractivity contribution in [2.75, 3.05) is 18.5 Å². The maximum atomic E-state index is 11.7. The smallest absolute Gasteiger partial charge is 0.308 e. The normalized spacial score (nSPS) is 10.0. The van der Waals surface area contributed by atoms with Crippen molar-refractivity contribution in [3.05, 3.63) is 54.0 Å². The van der Waals surface area contributed by atoms with Crippen LogP contribution in [0.2, 0.25) is 0 Å². The Morgan fingerprint density at radius 1 is 1.17 bits per heavy atom. The standard InChI is InChI=1S/C17H18N2O5/c1-12-4-2-5-13(10-12)19-15(20)11-24-16(21)7-8-18-17(22)14-6-3-9-23-14/h2-6,9-10H,7-8,11H2,1H3,(H,18,22)(H,19,20). The Morgan fingerprint density at radius 3 is 2.71 bits per heavy atom. The fourth-order valence-electron chi connectivity index (χ4n) is 1.91. The molecule has 0 bridgehead atoms. The lowest BCUT2D eigenvalue weighted by Crippen LogP contribution is -2.27. The molecule has 1 aromatic carbocycles. The number of amides is 2. The topological polar surface area (TPSA) is 97.6 Å². The number of esters is 1. The predicted molar refractivity (Wildman–Crippen MR) is 86.4 cm³/mol. The van der Waals surface area contributed by atoms with E-state index in [0.29, 0.717) is 5.69 Å². The molecule has 0 fully saturated rings. The minimum Gasteiger partial charge on any atom is -0.459 e. The first-order chi connectivity index (χ1) is 11.5. The largest absolute Gasteiger partial charge is 0.459 e. The summed E-state index contributed by atoms with van der Waals surface area (Å²) < 4.78 is 9.77. The Bertz CT molecular complexity index is 710. The van der Waals surface area contributed by atoms with E-state index < -0.39 is 17.8 Å². The van der Waals surface area contributed by atoms with E-state index in [0.717, 1.165) is 5.56 Å². The van der Waals surface area contributed by atoms with Crippen molar-refractivity contribution >= 4 is 23.5 Å². The molecule has 2 N–H and O–H groups in total. The summed E-state index contributed by atoms with van der Waals surface area (Å²) in [6.07, 6.45) is 1.35. The van der Waals surface area contributed by atoms with Gasteiger partial charge in [-0.2, -0.15) is 0 Å². The van der Waals surface area contributed by atoms with Gasteiger partial charge in [0.2, 0.25) is 0 Å². The first-order valence-electron chi connectivity index (χ1n) is 7.38. The van der Waals surface area contributed by atoms with Gasteiger partial charge in [0.15, 0.2) is 12.4 Å². The van der Waals surface area contributed by atoms with Crippen LogP contribution < -0.4 is 10.6 Å². The zero-order chi connectivity index (χ0) is 17.4. The van der Waals surface area contributed by atoms with Gasteiger partial charge in [0.05, 0.1) is 12.7 Å². The molecule has 2 aromatic rings. The molecular formula is C17H18N2O5. The van der Waals surface area contributed by atoms with Crippen LogP contribution in [0.5, 0.6) is 0 Å². The fourth-order valence-corrected chi connectivity index (χ4v) is 1.91. The zero-order valence-corrected chi connectivity index (χ0v) is 13.2. The van der Waals surface area contributed by atoms with Gasteiger partial charge in [0.1, 0.15) is 0 Å². The fraction of sp³-hybridized carbons (Fsp3) is 0.235. The summed E-state index contributed by atoms with van der Waals surface area (Å²) in [5.74, 6) is -1.24. The second kappa shape index (κ2) is 8.52. The summed E-state index contributed by atoms with van der Waals surface area (Å²) in [5, 5.41) is 5.15. The number of carbonyl (C=O) groups excluding carboxylic acids is 3. The van der Waals surface area contributed by atoms with Crippen LogP contribution in [-0.4, -0.2) is 30.9 Å². The molecule has 0 atom stereocenters. The highest BCUT2D eigenvalue weighted by atomic mass is 16.5. The molecule has 0 unspecified atom stereocenters. The van der Waals surface area contributed by atoms with E-state index in [9.17, 15) is 14.4 Å². The number of aryl methyl sites for hydroxylation is 1. The Hall–Kier alpha value is -3.09. The predicted octanol–water partition coefficient (Wildman–Crippen LogP) is 1.89. The second-order valence-electron chi connectivity index (χ2n) is 5.06. The summed E-state index contributed by atoms with van der Waals surface area (Å²) in [7, 11) is 0. The first-order valence-corrected chi connectivity index (χ1v) is 7.38. The number of anilines is 1. The maximum Gasteiger partial charge on any atom is 0.308 e. The highest BCUT2D eigenvalue weighted by Crippen LogP contribution is 2.09. The molecule has 7 nitrogen and oxygen atoms in total. The van der Waals surface area contributed by atoms with Crippen LogP contribution in [0.4, 0.5) is 5.69 Å². The van der Waals surface area contributed by atoms with Crippen molar-refractivity contribution in [3.63, 3.8) is 0 Å². The molecule has 2 rings (SSSR count). The molecule has 0 aliphatic carbocycles. The van der Waals surface area contributed by atoms with Crippen molar-refractivity contribution in [2.45, 2.75) is 13.3 Å². The Labute approximate surface area is 139 Å². The van der Waals surface area contributed by atoms with E-state index in [2.05, 4.69) is 10.6 Å². The lowest BCUT2D eigenvalue weighted by molar-refractivity contribution is -0.147. The number of carbonyl (C=O) groups is 3. The van der Waals surface area contributed by atoms with Crippen molar-refractivity contribution in [2.24, 2.45) is 0 Å². The van der Waals surface area contributed by atoms with Gasteiger partial charge < -0.3 is 19.8 Å². The SMILES string of the molecule is Cc1cccc(NC(=O)COC(=O)CCNC(=O)c2ccco2)c1. The number of hydrogen-bond acceptors (Lipinski definition) is 5. The third-order valence-electron chi connectivity index (χ3n) is 3.03. The van der Waals surface area contributed by atoms with Crippen LogP contribution in [0.15, 0.2) is 47.1 Å². The molecule has 2 amide bonds. The summed E-state index contributed by atoms with van der Waals surface area (Å²) in [4.78, 5) is 34.8. The molecule has 0 aliphatic rings. The number of nitrogens with one attached hydrogen (secondary N) is 2. The van der Waals surface area contributed by atoms with Gasteiger partial charge in [-0.05, 0) is 36.8 Å². The van der Waals surface area contributed by atoms with Crippen molar-refractivity contribution < 1.29 is 23.5 Å². The van der Waals surface area contributed by atoms with Crippen molar-refractivity contribution in [1.29, 1.82) is 0 Å². The average Bonchev–Trinajstić information content (AvgIpc) is 3.07. The molecular weight excluding hydrogens is 312 g/mol. The number of benzene rings is 1. The Morgan fingerprint density at radius 2 is 2.00 bits per heavy atom. The molecule has 1 aromatic heterocycles. The third kappa shape index (κ3) is 5.60. The van der Waals surface area contributed by atoms with E-state index in [1.807, 2.05) is 25.1 Å². The number of hydrogen-bond donors (Lipinski definition) is 2. The number of furan rings is 1. The van der Waals surface area contributed by atoms with E-state index in [1.165, 1.54) is 12.3 Å². The summed E-state index contributed by atoms with van der Waals surface area (Å²) >= 11 is 0. The van der Waals surface area contributed by atoms with Gasteiger partial charge in [0.25, 0.3) is 11.8 Å². The van der Waals surface area contributed by atoms with Crippen molar-refractivity contribution in [1.82, 2.24) is 5.32 Å². The highest BCUT2D eigenvalue weighted by molar-refractivity contribution is 5.93. The van der Waals surface area contributed by atoms with Gasteiger partial charge >= 0.3 is 5.97 Å². The van der Waals surface area contributed by atoms with Crippen LogP contribution in [0.1, 0.15) is 22.5 Å². The quantitative estimate of drug-likeness (QED) is 0.756. The van der Waals surface area contributed by atoms with Crippen LogP contribution in [0, 0.1) is 6.92 Å². The number of ether oxygens (including phenoxy) is 1. The molecule has 0 radical (unpaired) electrons. The van der Waals surface area contributed by atoms with E-state index in [1.54, 1.807) is 12.1 Å². The highest BCUT2D eigenvalue weighted by Gasteiger charge is 2.11. The number of rotatable bonds is 7. The molecule has 0 aliphatic heterocycles. The molecule has 126 valence electrons. The first kappa shape index (κ1) is 17.3.